The van der Waals surface area contributed by atoms with Gasteiger partial charge in [0.15, 0.2) is 0 Å². The quantitative estimate of drug-likeness (QED) is 0.853. The molecule has 0 aromatic heterocycles. The molecule has 0 bridgehead atoms. The maximum atomic E-state index is 5.77. The van der Waals surface area contributed by atoms with Crippen molar-refractivity contribution in [1.82, 2.24) is 0 Å². The molecule has 0 aliphatic carbocycles. The predicted molar refractivity (Wildman–Crippen MR) is 77.3 cm³/mol. The third-order valence-electron chi connectivity index (χ3n) is 3.72. The minimum atomic E-state index is 0.00240. The van der Waals surface area contributed by atoms with Crippen LogP contribution in [0.1, 0.15) is 43.4 Å². The van der Waals surface area contributed by atoms with Gasteiger partial charge in [0.1, 0.15) is 0 Å². The van der Waals surface area contributed by atoms with Gasteiger partial charge in [-0.05, 0) is 58.6 Å². The molecule has 2 heteroatoms. The molecule has 1 aromatic carbocycles. The molecular formula is C16H25NO. The highest BCUT2D eigenvalue weighted by Crippen LogP contribution is 2.29. The molecule has 1 fully saturated rings. The lowest BCUT2D eigenvalue weighted by Gasteiger charge is -2.36. The van der Waals surface area contributed by atoms with Gasteiger partial charge in [0, 0.05) is 18.3 Å². The number of benzene rings is 1. The molecule has 1 saturated heterocycles. The first-order valence-electron chi connectivity index (χ1n) is 6.86. The number of aryl methyl sites for hydroxylation is 3. The number of nitrogens with one attached hydrogen (secondary N) is 1. The average Bonchev–Trinajstić information content (AvgIpc) is 2.22. The second kappa shape index (κ2) is 4.93. The lowest BCUT2D eigenvalue weighted by atomic mass is 9.93. The Morgan fingerprint density at radius 1 is 1.17 bits per heavy atom. The minimum Gasteiger partial charge on any atom is -0.382 e. The van der Waals surface area contributed by atoms with E-state index in [9.17, 15) is 0 Å². The van der Waals surface area contributed by atoms with E-state index >= 15 is 0 Å². The Kier molecular flexibility index (Phi) is 3.67. The van der Waals surface area contributed by atoms with Gasteiger partial charge in [-0.15, -0.1) is 0 Å². The van der Waals surface area contributed by atoms with Crippen molar-refractivity contribution in [2.45, 2.75) is 59.1 Å². The van der Waals surface area contributed by atoms with E-state index in [-0.39, 0.29) is 5.60 Å². The van der Waals surface area contributed by atoms with Gasteiger partial charge in [0.25, 0.3) is 0 Å². The summed E-state index contributed by atoms with van der Waals surface area (Å²) in [7, 11) is 0. The highest BCUT2D eigenvalue weighted by Gasteiger charge is 2.29. The Labute approximate surface area is 111 Å². The van der Waals surface area contributed by atoms with Gasteiger partial charge in [-0.3, -0.25) is 0 Å². The Hall–Kier alpha value is -1.02. The van der Waals surface area contributed by atoms with Crippen molar-refractivity contribution in [2.24, 2.45) is 0 Å². The molecule has 1 atom stereocenters. The van der Waals surface area contributed by atoms with Crippen molar-refractivity contribution in [2.75, 3.05) is 11.9 Å². The van der Waals surface area contributed by atoms with E-state index < -0.39 is 0 Å². The standard InChI is InChI=1S/C16H25NO/c1-11-8-12(2)15(13(3)9-11)17-14-6-7-18-16(4,5)10-14/h8-9,14,17H,6-7,10H2,1-5H3. The van der Waals surface area contributed by atoms with Gasteiger partial charge in [-0.1, -0.05) is 17.7 Å². The Morgan fingerprint density at radius 2 is 1.78 bits per heavy atom. The molecule has 0 amide bonds. The molecule has 0 radical (unpaired) electrons. The molecule has 1 unspecified atom stereocenters. The molecule has 2 nitrogen and oxygen atoms in total. The lowest BCUT2D eigenvalue weighted by Crippen LogP contribution is -2.40. The summed E-state index contributed by atoms with van der Waals surface area (Å²) in [5, 5.41) is 3.72. The molecule has 1 N–H and O–H groups in total. The molecule has 1 heterocycles. The topological polar surface area (TPSA) is 21.3 Å². The normalized spacial score (nSPS) is 22.8. The molecule has 0 saturated carbocycles. The zero-order valence-corrected chi connectivity index (χ0v) is 12.3. The number of hydrogen-bond donors (Lipinski definition) is 1. The summed E-state index contributed by atoms with van der Waals surface area (Å²) < 4.78 is 5.77. The van der Waals surface area contributed by atoms with Crippen molar-refractivity contribution in [3.8, 4) is 0 Å². The fourth-order valence-corrected chi connectivity index (χ4v) is 2.97. The summed E-state index contributed by atoms with van der Waals surface area (Å²) in [5.41, 5.74) is 5.34. The summed E-state index contributed by atoms with van der Waals surface area (Å²) in [6.07, 6.45) is 2.16. The fourth-order valence-electron chi connectivity index (χ4n) is 2.97. The zero-order chi connectivity index (χ0) is 13.3. The largest absolute Gasteiger partial charge is 0.382 e. The van der Waals surface area contributed by atoms with Crippen LogP contribution in [0.2, 0.25) is 0 Å². The minimum absolute atomic E-state index is 0.00240. The Morgan fingerprint density at radius 3 is 2.33 bits per heavy atom. The summed E-state index contributed by atoms with van der Waals surface area (Å²) in [6.45, 7) is 11.7. The van der Waals surface area contributed by atoms with Crippen LogP contribution in [0.15, 0.2) is 12.1 Å². The Bertz CT molecular complexity index is 414. The lowest BCUT2D eigenvalue weighted by molar-refractivity contribution is -0.0553. The molecule has 1 aromatic rings. The van der Waals surface area contributed by atoms with E-state index in [1.165, 1.54) is 22.4 Å². The molecule has 1 aliphatic heterocycles. The molecule has 18 heavy (non-hydrogen) atoms. The van der Waals surface area contributed by atoms with Gasteiger partial charge in [0.2, 0.25) is 0 Å². The number of hydrogen-bond acceptors (Lipinski definition) is 2. The maximum Gasteiger partial charge on any atom is 0.0646 e. The van der Waals surface area contributed by atoms with Crippen molar-refractivity contribution in [3.05, 3.63) is 28.8 Å². The first kappa shape index (κ1) is 13.4. The van der Waals surface area contributed by atoms with E-state index in [0.29, 0.717) is 6.04 Å². The number of rotatable bonds is 2. The van der Waals surface area contributed by atoms with Crippen molar-refractivity contribution in [1.29, 1.82) is 0 Å². The highest BCUT2D eigenvalue weighted by molar-refractivity contribution is 5.58. The summed E-state index contributed by atoms with van der Waals surface area (Å²) in [6, 6.07) is 5.02. The van der Waals surface area contributed by atoms with Crippen LogP contribution in [-0.2, 0) is 4.74 Å². The summed E-state index contributed by atoms with van der Waals surface area (Å²) >= 11 is 0. The molecule has 2 rings (SSSR count). The third-order valence-corrected chi connectivity index (χ3v) is 3.72. The first-order chi connectivity index (χ1) is 8.37. The average molecular weight is 247 g/mol. The van der Waals surface area contributed by atoms with Crippen LogP contribution in [0, 0.1) is 20.8 Å². The molecular weight excluding hydrogens is 222 g/mol. The van der Waals surface area contributed by atoms with E-state index in [1.807, 2.05) is 0 Å². The third kappa shape index (κ3) is 3.05. The van der Waals surface area contributed by atoms with Crippen LogP contribution < -0.4 is 5.32 Å². The fraction of sp³-hybridized carbons (Fsp3) is 0.625. The van der Waals surface area contributed by atoms with Gasteiger partial charge in [0.05, 0.1) is 5.60 Å². The van der Waals surface area contributed by atoms with Crippen LogP contribution in [0.25, 0.3) is 0 Å². The van der Waals surface area contributed by atoms with Gasteiger partial charge in [-0.25, -0.2) is 0 Å². The van der Waals surface area contributed by atoms with Gasteiger partial charge >= 0.3 is 0 Å². The van der Waals surface area contributed by atoms with Crippen LogP contribution >= 0.6 is 0 Å². The van der Waals surface area contributed by atoms with Crippen LogP contribution in [0.3, 0.4) is 0 Å². The number of ether oxygens (including phenoxy) is 1. The van der Waals surface area contributed by atoms with E-state index in [1.54, 1.807) is 0 Å². The van der Waals surface area contributed by atoms with E-state index in [0.717, 1.165) is 19.4 Å². The van der Waals surface area contributed by atoms with E-state index in [4.69, 9.17) is 4.74 Å². The smallest absolute Gasteiger partial charge is 0.0646 e. The zero-order valence-electron chi connectivity index (χ0n) is 12.3. The molecule has 0 spiro atoms. The van der Waals surface area contributed by atoms with Gasteiger partial charge in [-0.2, -0.15) is 0 Å². The van der Waals surface area contributed by atoms with Crippen LogP contribution in [0.4, 0.5) is 5.69 Å². The van der Waals surface area contributed by atoms with Crippen molar-refractivity contribution < 1.29 is 4.74 Å². The maximum absolute atomic E-state index is 5.77. The summed E-state index contributed by atoms with van der Waals surface area (Å²) in [5.74, 6) is 0. The monoisotopic (exact) mass is 247 g/mol. The second-order valence-electron chi connectivity index (χ2n) is 6.22. The van der Waals surface area contributed by atoms with Crippen LogP contribution in [-0.4, -0.2) is 18.2 Å². The summed E-state index contributed by atoms with van der Waals surface area (Å²) in [4.78, 5) is 0. The SMILES string of the molecule is Cc1cc(C)c(NC2CCOC(C)(C)C2)c(C)c1. The second-order valence-corrected chi connectivity index (χ2v) is 6.22. The molecule has 1 aliphatic rings. The van der Waals surface area contributed by atoms with Crippen molar-refractivity contribution in [3.63, 3.8) is 0 Å². The van der Waals surface area contributed by atoms with Crippen LogP contribution in [0.5, 0.6) is 0 Å². The van der Waals surface area contributed by atoms with E-state index in [2.05, 4.69) is 52.1 Å². The molecule has 100 valence electrons. The highest BCUT2D eigenvalue weighted by atomic mass is 16.5. The van der Waals surface area contributed by atoms with Gasteiger partial charge < -0.3 is 10.1 Å². The predicted octanol–water partition coefficient (Wildman–Crippen LogP) is 3.98. The Balaban J connectivity index is 2.14. The first-order valence-corrected chi connectivity index (χ1v) is 6.86. The number of anilines is 1. The van der Waals surface area contributed by atoms with Crippen molar-refractivity contribution >= 4 is 5.69 Å².